The van der Waals surface area contributed by atoms with Gasteiger partial charge in [-0.3, -0.25) is 0 Å². The number of aliphatic hydroxyl groups is 1. The lowest BCUT2D eigenvalue weighted by Crippen LogP contribution is -2.11. The summed E-state index contributed by atoms with van der Waals surface area (Å²) in [7, 11) is 1.86. The van der Waals surface area contributed by atoms with E-state index in [1.807, 2.05) is 11.9 Å². The van der Waals surface area contributed by atoms with Crippen molar-refractivity contribution in [3.8, 4) is 0 Å². The van der Waals surface area contributed by atoms with Gasteiger partial charge in [0.25, 0.3) is 0 Å². The van der Waals surface area contributed by atoms with E-state index >= 15 is 0 Å². The molecule has 0 unspecified atom stereocenters. The predicted octanol–water partition coefficient (Wildman–Crippen LogP) is 1.44. The van der Waals surface area contributed by atoms with Crippen LogP contribution >= 0.6 is 15.9 Å². The van der Waals surface area contributed by atoms with Crippen LogP contribution in [0.2, 0.25) is 0 Å². The summed E-state index contributed by atoms with van der Waals surface area (Å²) in [5, 5.41) is 9.02. The molecule has 0 atom stereocenters. The molecule has 1 heterocycles. The SMILES string of the molecule is CN1CCC(Br)=C1O. The van der Waals surface area contributed by atoms with E-state index < -0.39 is 0 Å². The number of nitrogens with zero attached hydrogens (tertiary/aromatic N) is 1. The lowest BCUT2D eigenvalue weighted by Gasteiger charge is -2.08. The zero-order chi connectivity index (χ0) is 6.15. The van der Waals surface area contributed by atoms with Crippen LogP contribution in [0.1, 0.15) is 6.42 Å². The minimum atomic E-state index is 0.380. The molecule has 1 aliphatic heterocycles. The highest BCUT2D eigenvalue weighted by Gasteiger charge is 2.14. The van der Waals surface area contributed by atoms with E-state index in [4.69, 9.17) is 5.11 Å². The lowest BCUT2D eigenvalue weighted by atomic mass is 10.5. The van der Waals surface area contributed by atoms with Gasteiger partial charge in [0.2, 0.25) is 0 Å². The molecule has 0 amide bonds. The molecular formula is C5H8BrNO. The van der Waals surface area contributed by atoms with Gasteiger partial charge in [0.05, 0.1) is 4.48 Å². The van der Waals surface area contributed by atoms with Crippen molar-refractivity contribution in [2.24, 2.45) is 0 Å². The minimum absolute atomic E-state index is 0.380. The molecule has 1 N–H and O–H groups in total. The first-order valence-electron chi connectivity index (χ1n) is 2.50. The van der Waals surface area contributed by atoms with Crippen LogP contribution in [0, 0.1) is 0 Å². The molecule has 0 radical (unpaired) electrons. The second-order valence-corrected chi connectivity index (χ2v) is 2.86. The largest absolute Gasteiger partial charge is 0.494 e. The number of hydrogen-bond donors (Lipinski definition) is 1. The van der Waals surface area contributed by atoms with E-state index in [9.17, 15) is 0 Å². The molecule has 0 fully saturated rings. The van der Waals surface area contributed by atoms with Gasteiger partial charge in [-0.2, -0.15) is 0 Å². The third-order valence-corrected chi connectivity index (χ3v) is 2.02. The summed E-state index contributed by atoms with van der Waals surface area (Å²) in [5.41, 5.74) is 0. The molecule has 0 bridgehead atoms. The van der Waals surface area contributed by atoms with Crippen molar-refractivity contribution >= 4 is 15.9 Å². The maximum Gasteiger partial charge on any atom is 0.197 e. The molecule has 0 aromatic carbocycles. The Balaban J connectivity index is 2.71. The maximum absolute atomic E-state index is 9.02. The van der Waals surface area contributed by atoms with Crippen LogP contribution in [0.5, 0.6) is 0 Å². The van der Waals surface area contributed by atoms with Crippen LogP contribution in [-0.4, -0.2) is 23.6 Å². The van der Waals surface area contributed by atoms with Crippen LogP contribution in [-0.2, 0) is 0 Å². The molecule has 1 aliphatic rings. The van der Waals surface area contributed by atoms with E-state index in [2.05, 4.69) is 15.9 Å². The third-order valence-electron chi connectivity index (χ3n) is 1.27. The third kappa shape index (κ3) is 0.823. The van der Waals surface area contributed by atoms with Gasteiger partial charge in [0.1, 0.15) is 0 Å². The Kier molecular flexibility index (Phi) is 1.47. The fraction of sp³-hybridized carbons (Fsp3) is 0.600. The Labute approximate surface area is 56.9 Å². The molecule has 0 aliphatic carbocycles. The van der Waals surface area contributed by atoms with Crippen molar-refractivity contribution in [2.45, 2.75) is 6.42 Å². The van der Waals surface area contributed by atoms with Crippen LogP contribution in [0.25, 0.3) is 0 Å². The first-order chi connectivity index (χ1) is 3.72. The van der Waals surface area contributed by atoms with Gasteiger partial charge in [-0.05, 0) is 15.9 Å². The summed E-state index contributed by atoms with van der Waals surface area (Å²) in [5.74, 6) is 0.380. The van der Waals surface area contributed by atoms with Gasteiger partial charge in [-0.15, -0.1) is 0 Å². The first-order valence-corrected chi connectivity index (χ1v) is 3.30. The van der Waals surface area contributed by atoms with Crippen molar-refractivity contribution in [3.63, 3.8) is 0 Å². The van der Waals surface area contributed by atoms with Crippen molar-refractivity contribution < 1.29 is 5.11 Å². The highest BCUT2D eigenvalue weighted by Crippen LogP contribution is 2.23. The van der Waals surface area contributed by atoms with E-state index in [0.29, 0.717) is 5.88 Å². The van der Waals surface area contributed by atoms with Crippen LogP contribution in [0.15, 0.2) is 10.4 Å². The average Bonchev–Trinajstić information content (AvgIpc) is 1.98. The highest BCUT2D eigenvalue weighted by atomic mass is 79.9. The normalized spacial score (nSPS) is 20.5. The molecule has 0 saturated heterocycles. The summed E-state index contributed by atoms with van der Waals surface area (Å²) in [4.78, 5) is 1.81. The topological polar surface area (TPSA) is 23.5 Å². The minimum Gasteiger partial charge on any atom is -0.494 e. The maximum atomic E-state index is 9.02. The molecule has 8 heavy (non-hydrogen) atoms. The lowest BCUT2D eigenvalue weighted by molar-refractivity contribution is 0.256. The number of aliphatic hydroxyl groups excluding tert-OH is 1. The molecule has 1 rings (SSSR count). The smallest absolute Gasteiger partial charge is 0.197 e. The van der Waals surface area contributed by atoms with Crippen molar-refractivity contribution in [1.82, 2.24) is 4.90 Å². The number of rotatable bonds is 0. The van der Waals surface area contributed by atoms with Gasteiger partial charge in [0.15, 0.2) is 5.88 Å². The predicted molar refractivity (Wildman–Crippen MR) is 35.8 cm³/mol. The van der Waals surface area contributed by atoms with Crippen LogP contribution in [0.3, 0.4) is 0 Å². The van der Waals surface area contributed by atoms with Crippen LogP contribution < -0.4 is 0 Å². The van der Waals surface area contributed by atoms with Crippen molar-refractivity contribution in [1.29, 1.82) is 0 Å². The van der Waals surface area contributed by atoms with E-state index in [-0.39, 0.29) is 0 Å². The van der Waals surface area contributed by atoms with Gasteiger partial charge in [-0.1, -0.05) is 0 Å². The molecule has 0 aromatic rings. The summed E-state index contributed by atoms with van der Waals surface area (Å²) < 4.78 is 0.917. The first kappa shape index (κ1) is 5.95. The Morgan fingerprint density at radius 3 is 2.50 bits per heavy atom. The molecule has 2 nitrogen and oxygen atoms in total. The summed E-state index contributed by atoms with van der Waals surface area (Å²) in [6, 6.07) is 0. The van der Waals surface area contributed by atoms with E-state index in [1.54, 1.807) is 0 Å². The molecule has 0 saturated carbocycles. The van der Waals surface area contributed by atoms with Gasteiger partial charge >= 0.3 is 0 Å². The fourth-order valence-corrected chi connectivity index (χ4v) is 1.17. The molecule has 0 spiro atoms. The molecule has 3 heteroatoms. The summed E-state index contributed by atoms with van der Waals surface area (Å²) >= 11 is 3.23. The fourth-order valence-electron chi connectivity index (χ4n) is 0.691. The summed E-state index contributed by atoms with van der Waals surface area (Å²) in [6.07, 6.45) is 0.933. The van der Waals surface area contributed by atoms with Crippen LogP contribution in [0.4, 0.5) is 0 Å². The number of halogens is 1. The Morgan fingerprint density at radius 2 is 2.38 bits per heavy atom. The van der Waals surface area contributed by atoms with E-state index in [1.165, 1.54) is 0 Å². The standard InChI is InChI=1S/C5H8BrNO/c1-7-3-2-4(6)5(7)8/h8H,2-3H2,1H3. The van der Waals surface area contributed by atoms with Gasteiger partial charge in [0, 0.05) is 20.0 Å². The molecule has 0 aromatic heterocycles. The molecular weight excluding hydrogens is 170 g/mol. The average molecular weight is 178 g/mol. The monoisotopic (exact) mass is 177 g/mol. The van der Waals surface area contributed by atoms with Gasteiger partial charge in [-0.25, -0.2) is 0 Å². The van der Waals surface area contributed by atoms with Crippen molar-refractivity contribution in [2.75, 3.05) is 13.6 Å². The number of hydrogen-bond acceptors (Lipinski definition) is 2. The summed E-state index contributed by atoms with van der Waals surface area (Å²) in [6.45, 7) is 0.923. The Morgan fingerprint density at radius 1 is 1.75 bits per heavy atom. The second kappa shape index (κ2) is 1.97. The molecule has 46 valence electrons. The zero-order valence-corrected chi connectivity index (χ0v) is 6.27. The Bertz CT molecular complexity index is 132. The Hall–Kier alpha value is -0.180. The second-order valence-electron chi connectivity index (χ2n) is 1.90. The quantitative estimate of drug-likeness (QED) is 0.606. The van der Waals surface area contributed by atoms with E-state index in [0.717, 1.165) is 17.4 Å². The van der Waals surface area contributed by atoms with Gasteiger partial charge < -0.3 is 10.0 Å². The highest BCUT2D eigenvalue weighted by molar-refractivity contribution is 9.11. The van der Waals surface area contributed by atoms with Crippen molar-refractivity contribution in [3.05, 3.63) is 10.4 Å². The zero-order valence-electron chi connectivity index (χ0n) is 4.69.